The third-order valence-corrected chi connectivity index (χ3v) is 6.03. The van der Waals surface area contributed by atoms with E-state index in [1.165, 1.54) is 16.4 Å². The lowest BCUT2D eigenvalue weighted by Gasteiger charge is -2.17. The van der Waals surface area contributed by atoms with E-state index < -0.39 is 10.0 Å². The fraction of sp³-hybridized carbons (Fsp3) is 0.462. The van der Waals surface area contributed by atoms with Crippen molar-refractivity contribution in [2.45, 2.75) is 18.2 Å². The Labute approximate surface area is 130 Å². The minimum Gasteiger partial charge on any atom is -0.389 e. The van der Waals surface area contributed by atoms with Gasteiger partial charge >= 0.3 is 0 Å². The highest BCUT2D eigenvalue weighted by molar-refractivity contribution is 7.89. The molecule has 2 N–H and O–H groups in total. The van der Waals surface area contributed by atoms with Crippen LogP contribution < -0.4 is 5.73 Å². The standard InChI is InChI=1S/C13H17ClN2O2S2/c1-8-5-9(8)7-16(2)20(17,18)10-3-4-11(13(15)19)12(14)6-10/h3-4,6,8-9H,5,7H2,1-2H3,(H2,15,19). The third kappa shape index (κ3) is 3.14. The summed E-state index contributed by atoms with van der Waals surface area (Å²) in [4.78, 5) is 0.317. The Morgan fingerprint density at radius 1 is 1.55 bits per heavy atom. The van der Waals surface area contributed by atoms with Crippen molar-refractivity contribution in [1.82, 2.24) is 4.31 Å². The van der Waals surface area contributed by atoms with E-state index in [0.29, 0.717) is 23.9 Å². The first-order chi connectivity index (χ1) is 9.23. The molecule has 1 fully saturated rings. The molecule has 2 rings (SSSR count). The molecule has 0 bridgehead atoms. The third-order valence-electron chi connectivity index (χ3n) is 3.68. The minimum absolute atomic E-state index is 0.152. The quantitative estimate of drug-likeness (QED) is 0.840. The van der Waals surface area contributed by atoms with Crippen LogP contribution >= 0.6 is 23.8 Å². The van der Waals surface area contributed by atoms with Gasteiger partial charge in [-0.05, 0) is 36.5 Å². The van der Waals surface area contributed by atoms with Crippen molar-refractivity contribution in [3.63, 3.8) is 0 Å². The highest BCUT2D eigenvalue weighted by Gasteiger charge is 2.36. The molecular formula is C13H17ClN2O2S2. The Kier molecular flexibility index (Phi) is 4.39. The summed E-state index contributed by atoms with van der Waals surface area (Å²) in [6.07, 6.45) is 1.08. The van der Waals surface area contributed by atoms with Crippen LogP contribution in [0.3, 0.4) is 0 Å². The van der Waals surface area contributed by atoms with E-state index in [1.807, 2.05) is 0 Å². The van der Waals surface area contributed by atoms with Crippen molar-refractivity contribution in [3.8, 4) is 0 Å². The van der Waals surface area contributed by atoms with Crippen LogP contribution in [0.2, 0.25) is 5.02 Å². The number of hydrogen-bond acceptors (Lipinski definition) is 3. The number of nitrogens with two attached hydrogens (primary N) is 1. The molecule has 0 radical (unpaired) electrons. The van der Waals surface area contributed by atoms with Gasteiger partial charge in [0.2, 0.25) is 10.0 Å². The fourth-order valence-electron chi connectivity index (χ4n) is 2.12. The van der Waals surface area contributed by atoms with Crippen LogP contribution in [0.15, 0.2) is 23.1 Å². The van der Waals surface area contributed by atoms with E-state index in [2.05, 4.69) is 6.92 Å². The highest BCUT2D eigenvalue weighted by Crippen LogP contribution is 2.38. The number of benzene rings is 1. The summed E-state index contributed by atoms with van der Waals surface area (Å²) in [5, 5.41) is 0.256. The number of hydrogen-bond donors (Lipinski definition) is 1. The van der Waals surface area contributed by atoms with E-state index in [4.69, 9.17) is 29.6 Å². The molecule has 20 heavy (non-hydrogen) atoms. The first kappa shape index (κ1) is 15.7. The van der Waals surface area contributed by atoms with Crippen molar-refractivity contribution >= 4 is 38.8 Å². The van der Waals surface area contributed by atoms with Crippen LogP contribution in [0.4, 0.5) is 0 Å². The molecule has 1 aliphatic rings. The lowest BCUT2D eigenvalue weighted by atomic mass is 10.2. The van der Waals surface area contributed by atoms with Crippen molar-refractivity contribution < 1.29 is 8.42 Å². The first-order valence-corrected chi connectivity index (χ1v) is 8.51. The summed E-state index contributed by atoms with van der Waals surface area (Å²) < 4.78 is 26.3. The Balaban J connectivity index is 2.25. The van der Waals surface area contributed by atoms with Gasteiger partial charge in [-0.2, -0.15) is 0 Å². The van der Waals surface area contributed by atoms with Gasteiger partial charge in [0.1, 0.15) is 4.99 Å². The molecule has 0 aliphatic heterocycles. The zero-order chi connectivity index (χ0) is 15.1. The second-order valence-corrected chi connectivity index (χ2v) is 8.16. The molecule has 4 nitrogen and oxygen atoms in total. The number of rotatable bonds is 5. The molecule has 2 atom stereocenters. The molecule has 1 aromatic rings. The first-order valence-electron chi connectivity index (χ1n) is 6.29. The molecule has 0 spiro atoms. The van der Waals surface area contributed by atoms with Gasteiger partial charge in [-0.25, -0.2) is 12.7 Å². The van der Waals surface area contributed by atoms with E-state index >= 15 is 0 Å². The SMILES string of the molecule is CC1CC1CN(C)S(=O)(=O)c1ccc(C(N)=S)c(Cl)c1. The summed E-state index contributed by atoms with van der Waals surface area (Å²) in [6, 6.07) is 4.44. The van der Waals surface area contributed by atoms with Crippen LogP contribution in [0, 0.1) is 11.8 Å². The zero-order valence-corrected chi connectivity index (χ0v) is 13.7. The zero-order valence-electron chi connectivity index (χ0n) is 11.3. The van der Waals surface area contributed by atoms with E-state index in [9.17, 15) is 8.42 Å². The average Bonchev–Trinajstić information content (AvgIpc) is 3.04. The maximum absolute atomic E-state index is 12.4. The van der Waals surface area contributed by atoms with Gasteiger partial charge in [0.15, 0.2) is 0 Å². The predicted octanol–water partition coefficient (Wildman–Crippen LogP) is 2.25. The van der Waals surface area contributed by atoms with E-state index in [0.717, 1.165) is 6.42 Å². The molecule has 7 heteroatoms. The monoisotopic (exact) mass is 332 g/mol. The maximum atomic E-state index is 12.4. The van der Waals surface area contributed by atoms with Gasteiger partial charge in [-0.3, -0.25) is 0 Å². The number of nitrogens with zero attached hydrogens (tertiary/aromatic N) is 1. The van der Waals surface area contributed by atoms with Crippen molar-refractivity contribution in [3.05, 3.63) is 28.8 Å². The lowest BCUT2D eigenvalue weighted by Crippen LogP contribution is -2.29. The highest BCUT2D eigenvalue weighted by atomic mass is 35.5. The van der Waals surface area contributed by atoms with E-state index in [1.54, 1.807) is 13.1 Å². The van der Waals surface area contributed by atoms with Crippen molar-refractivity contribution in [2.24, 2.45) is 17.6 Å². The molecule has 2 unspecified atom stereocenters. The smallest absolute Gasteiger partial charge is 0.242 e. The predicted molar refractivity (Wildman–Crippen MR) is 84.4 cm³/mol. The van der Waals surface area contributed by atoms with Crippen molar-refractivity contribution in [2.75, 3.05) is 13.6 Å². The van der Waals surface area contributed by atoms with Crippen molar-refractivity contribution in [1.29, 1.82) is 0 Å². The molecule has 1 saturated carbocycles. The van der Waals surface area contributed by atoms with Gasteiger partial charge < -0.3 is 5.73 Å². The molecule has 1 aromatic carbocycles. The minimum atomic E-state index is -3.52. The summed E-state index contributed by atoms with van der Waals surface area (Å²) >= 11 is 10.9. The number of thiocarbonyl (C=S) groups is 1. The Bertz CT molecular complexity index is 646. The molecular weight excluding hydrogens is 316 g/mol. The second kappa shape index (κ2) is 5.60. The topological polar surface area (TPSA) is 63.4 Å². The maximum Gasteiger partial charge on any atom is 0.242 e. The summed E-state index contributed by atoms with van der Waals surface area (Å²) in [5.41, 5.74) is 6.00. The normalized spacial score (nSPS) is 22.0. The number of sulfonamides is 1. The molecule has 0 amide bonds. The van der Waals surface area contributed by atoms with Gasteiger partial charge in [-0.15, -0.1) is 0 Å². The van der Waals surface area contributed by atoms with Crippen LogP contribution in [-0.4, -0.2) is 31.3 Å². The largest absolute Gasteiger partial charge is 0.389 e. The lowest BCUT2D eigenvalue weighted by molar-refractivity contribution is 0.444. The van der Waals surface area contributed by atoms with Crippen LogP contribution in [0.1, 0.15) is 18.9 Å². The Hall–Kier alpha value is -0.690. The van der Waals surface area contributed by atoms with Crippen LogP contribution in [0.25, 0.3) is 0 Å². The molecule has 0 aromatic heterocycles. The summed E-state index contributed by atoms with van der Waals surface area (Å²) in [5.74, 6) is 1.06. The second-order valence-electron chi connectivity index (χ2n) is 5.26. The van der Waals surface area contributed by atoms with Gasteiger partial charge in [0.05, 0.1) is 9.92 Å². The van der Waals surface area contributed by atoms with Crippen LogP contribution in [0.5, 0.6) is 0 Å². The van der Waals surface area contributed by atoms with Crippen LogP contribution in [-0.2, 0) is 10.0 Å². The Morgan fingerprint density at radius 2 is 2.15 bits per heavy atom. The summed E-state index contributed by atoms with van der Waals surface area (Å²) in [6.45, 7) is 2.66. The average molecular weight is 333 g/mol. The Morgan fingerprint density at radius 3 is 2.60 bits per heavy atom. The fourth-order valence-corrected chi connectivity index (χ4v) is 3.95. The number of halogens is 1. The molecule has 0 heterocycles. The molecule has 0 saturated heterocycles. The van der Waals surface area contributed by atoms with Gasteiger partial charge in [0.25, 0.3) is 0 Å². The van der Waals surface area contributed by atoms with Gasteiger partial charge in [-0.1, -0.05) is 30.7 Å². The summed E-state index contributed by atoms with van der Waals surface area (Å²) in [7, 11) is -1.92. The molecule has 110 valence electrons. The molecule has 1 aliphatic carbocycles. The van der Waals surface area contributed by atoms with E-state index in [-0.39, 0.29) is 14.9 Å². The van der Waals surface area contributed by atoms with Gasteiger partial charge in [0, 0.05) is 19.2 Å².